The van der Waals surface area contributed by atoms with E-state index in [2.05, 4.69) is 10.3 Å². The zero-order chi connectivity index (χ0) is 18.5. The predicted molar refractivity (Wildman–Crippen MR) is 98.7 cm³/mol. The van der Waals surface area contributed by atoms with Gasteiger partial charge in [-0.05, 0) is 37.3 Å². The highest BCUT2D eigenvalue weighted by Crippen LogP contribution is 2.25. The van der Waals surface area contributed by atoms with Crippen molar-refractivity contribution in [1.29, 1.82) is 0 Å². The Morgan fingerprint density at radius 2 is 2.04 bits per heavy atom. The zero-order valence-corrected chi connectivity index (χ0v) is 14.7. The smallest absolute Gasteiger partial charge is 0.274 e. The first-order chi connectivity index (χ1) is 12.5. The standard InChI is InChI=1S/C18H15N3O4S/c1-12-16(3-2-4-17(12)21(23)24)20-18(22)13-5-7-15(8-6-13)25-9-14-10-26-11-19-14/h2-8,10-11H,9H2,1H3,(H,20,22). The van der Waals surface area contributed by atoms with Gasteiger partial charge >= 0.3 is 0 Å². The molecule has 1 aromatic heterocycles. The molecule has 8 heteroatoms. The van der Waals surface area contributed by atoms with E-state index in [0.717, 1.165) is 5.69 Å². The number of benzene rings is 2. The Kier molecular flexibility index (Phi) is 5.23. The van der Waals surface area contributed by atoms with Crippen LogP contribution in [0.3, 0.4) is 0 Å². The van der Waals surface area contributed by atoms with Crippen molar-refractivity contribution >= 4 is 28.6 Å². The number of hydrogen-bond acceptors (Lipinski definition) is 6. The molecule has 0 unspecified atom stereocenters. The van der Waals surface area contributed by atoms with E-state index in [-0.39, 0.29) is 11.6 Å². The van der Waals surface area contributed by atoms with Crippen LogP contribution in [0, 0.1) is 17.0 Å². The minimum Gasteiger partial charge on any atom is -0.487 e. The lowest BCUT2D eigenvalue weighted by molar-refractivity contribution is -0.385. The summed E-state index contributed by atoms with van der Waals surface area (Å²) in [5.74, 6) is 0.278. The fourth-order valence-electron chi connectivity index (χ4n) is 2.32. The fourth-order valence-corrected chi connectivity index (χ4v) is 2.86. The molecule has 3 rings (SSSR count). The Hall–Kier alpha value is -3.26. The molecule has 3 aromatic rings. The monoisotopic (exact) mass is 369 g/mol. The van der Waals surface area contributed by atoms with Gasteiger partial charge in [-0.25, -0.2) is 4.98 Å². The first kappa shape index (κ1) is 17.6. The van der Waals surface area contributed by atoms with Gasteiger partial charge in [0.1, 0.15) is 12.4 Å². The number of aromatic nitrogens is 1. The van der Waals surface area contributed by atoms with E-state index in [0.29, 0.717) is 29.2 Å². The van der Waals surface area contributed by atoms with Crippen LogP contribution in [0.5, 0.6) is 5.75 Å². The Morgan fingerprint density at radius 3 is 2.69 bits per heavy atom. The minimum absolute atomic E-state index is 0.0337. The molecule has 0 aliphatic carbocycles. The molecular formula is C18H15N3O4S. The molecule has 1 amide bonds. The molecule has 0 radical (unpaired) electrons. The quantitative estimate of drug-likeness (QED) is 0.519. The lowest BCUT2D eigenvalue weighted by Crippen LogP contribution is -2.13. The number of thiazole rings is 1. The van der Waals surface area contributed by atoms with E-state index in [9.17, 15) is 14.9 Å². The van der Waals surface area contributed by atoms with E-state index in [1.807, 2.05) is 5.38 Å². The van der Waals surface area contributed by atoms with Gasteiger partial charge in [-0.15, -0.1) is 11.3 Å². The maximum absolute atomic E-state index is 12.4. The number of nitrogens with zero attached hydrogens (tertiary/aromatic N) is 2. The summed E-state index contributed by atoms with van der Waals surface area (Å²) >= 11 is 1.50. The molecule has 0 atom stereocenters. The molecule has 7 nitrogen and oxygen atoms in total. The second kappa shape index (κ2) is 7.75. The van der Waals surface area contributed by atoms with Crippen LogP contribution >= 0.6 is 11.3 Å². The maximum Gasteiger partial charge on any atom is 0.274 e. The number of hydrogen-bond donors (Lipinski definition) is 1. The van der Waals surface area contributed by atoms with E-state index in [4.69, 9.17) is 4.74 Å². The van der Waals surface area contributed by atoms with E-state index >= 15 is 0 Å². The molecule has 1 heterocycles. The van der Waals surface area contributed by atoms with Crippen LogP contribution in [0.1, 0.15) is 21.6 Å². The van der Waals surface area contributed by atoms with Crippen LogP contribution in [0.25, 0.3) is 0 Å². The molecule has 0 aliphatic rings. The summed E-state index contributed by atoms with van der Waals surface area (Å²) in [4.78, 5) is 27.0. The largest absolute Gasteiger partial charge is 0.487 e. The van der Waals surface area contributed by atoms with Crippen molar-refractivity contribution in [3.8, 4) is 5.75 Å². The first-order valence-electron chi connectivity index (χ1n) is 7.70. The summed E-state index contributed by atoms with van der Waals surface area (Å²) in [7, 11) is 0. The molecular weight excluding hydrogens is 354 g/mol. The summed E-state index contributed by atoms with van der Waals surface area (Å²) in [6.45, 7) is 1.96. The van der Waals surface area contributed by atoms with Crippen molar-refractivity contribution < 1.29 is 14.5 Å². The molecule has 0 fully saturated rings. The number of ether oxygens (including phenoxy) is 1. The highest BCUT2D eigenvalue weighted by Gasteiger charge is 2.15. The van der Waals surface area contributed by atoms with Crippen molar-refractivity contribution in [3.63, 3.8) is 0 Å². The Morgan fingerprint density at radius 1 is 1.27 bits per heavy atom. The Labute approximate surface area is 153 Å². The third-order valence-corrected chi connectivity index (χ3v) is 4.37. The summed E-state index contributed by atoms with van der Waals surface area (Å²) < 4.78 is 5.60. The molecule has 26 heavy (non-hydrogen) atoms. The van der Waals surface area contributed by atoms with Gasteiger partial charge in [0.2, 0.25) is 0 Å². The molecule has 1 N–H and O–H groups in total. The number of nitro benzene ring substituents is 1. The molecule has 2 aromatic carbocycles. The van der Waals surface area contributed by atoms with Crippen molar-refractivity contribution in [2.45, 2.75) is 13.5 Å². The van der Waals surface area contributed by atoms with Crippen molar-refractivity contribution in [2.24, 2.45) is 0 Å². The zero-order valence-electron chi connectivity index (χ0n) is 13.8. The van der Waals surface area contributed by atoms with Crippen LogP contribution in [-0.4, -0.2) is 15.8 Å². The number of rotatable bonds is 6. The van der Waals surface area contributed by atoms with Gasteiger partial charge in [0, 0.05) is 17.0 Å². The topological polar surface area (TPSA) is 94.4 Å². The second-order valence-electron chi connectivity index (χ2n) is 5.45. The predicted octanol–water partition coefficient (Wildman–Crippen LogP) is 4.19. The van der Waals surface area contributed by atoms with Crippen LogP contribution in [0.15, 0.2) is 53.4 Å². The van der Waals surface area contributed by atoms with Crippen LogP contribution < -0.4 is 10.1 Å². The van der Waals surface area contributed by atoms with Gasteiger partial charge < -0.3 is 10.1 Å². The van der Waals surface area contributed by atoms with Gasteiger partial charge in [0.05, 0.1) is 27.4 Å². The minimum atomic E-state index is -0.473. The third-order valence-electron chi connectivity index (χ3n) is 3.74. The Balaban J connectivity index is 1.67. The Bertz CT molecular complexity index is 924. The first-order valence-corrected chi connectivity index (χ1v) is 8.64. The number of anilines is 1. The van der Waals surface area contributed by atoms with E-state index in [1.54, 1.807) is 42.8 Å². The highest BCUT2D eigenvalue weighted by atomic mass is 32.1. The van der Waals surface area contributed by atoms with Crippen molar-refractivity contribution in [3.05, 3.63) is 80.3 Å². The molecule has 0 spiro atoms. The average molecular weight is 369 g/mol. The van der Waals surface area contributed by atoms with Gasteiger partial charge in [-0.2, -0.15) is 0 Å². The molecule has 0 saturated carbocycles. The lowest BCUT2D eigenvalue weighted by atomic mass is 10.1. The van der Waals surface area contributed by atoms with E-state index < -0.39 is 4.92 Å². The lowest BCUT2D eigenvalue weighted by Gasteiger charge is -2.09. The SMILES string of the molecule is Cc1c(NC(=O)c2ccc(OCc3cscn3)cc2)cccc1[N+](=O)[O-]. The number of nitro groups is 1. The van der Waals surface area contributed by atoms with Crippen LogP contribution in [0.4, 0.5) is 11.4 Å². The van der Waals surface area contributed by atoms with Crippen LogP contribution in [0.2, 0.25) is 0 Å². The van der Waals surface area contributed by atoms with Gasteiger partial charge in [0.15, 0.2) is 0 Å². The van der Waals surface area contributed by atoms with Gasteiger partial charge in [0.25, 0.3) is 11.6 Å². The number of amides is 1. The summed E-state index contributed by atoms with van der Waals surface area (Å²) in [5.41, 5.74) is 3.80. The maximum atomic E-state index is 12.4. The van der Waals surface area contributed by atoms with Crippen LogP contribution in [-0.2, 0) is 6.61 Å². The molecule has 0 bridgehead atoms. The summed E-state index contributed by atoms with van der Waals surface area (Å²) in [6, 6.07) is 11.2. The number of carbonyl (C=O) groups is 1. The number of nitrogens with one attached hydrogen (secondary N) is 1. The highest BCUT2D eigenvalue weighted by molar-refractivity contribution is 7.07. The van der Waals surface area contributed by atoms with Crippen molar-refractivity contribution in [1.82, 2.24) is 4.98 Å². The number of carbonyl (C=O) groups excluding carboxylic acids is 1. The summed E-state index contributed by atoms with van der Waals surface area (Å²) in [6.07, 6.45) is 0. The average Bonchev–Trinajstić information content (AvgIpc) is 3.15. The second-order valence-corrected chi connectivity index (χ2v) is 6.17. The molecule has 132 valence electrons. The van der Waals surface area contributed by atoms with Gasteiger partial charge in [-0.3, -0.25) is 14.9 Å². The molecule has 0 saturated heterocycles. The van der Waals surface area contributed by atoms with Crippen molar-refractivity contribution in [2.75, 3.05) is 5.32 Å². The normalized spacial score (nSPS) is 10.3. The fraction of sp³-hybridized carbons (Fsp3) is 0.111. The third kappa shape index (κ3) is 4.04. The van der Waals surface area contributed by atoms with Gasteiger partial charge in [-0.1, -0.05) is 6.07 Å². The summed E-state index contributed by atoms with van der Waals surface area (Å²) in [5, 5.41) is 15.6. The molecule has 0 aliphatic heterocycles. The van der Waals surface area contributed by atoms with E-state index in [1.165, 1.54) is 23.5 Å².